The Morgan fingerprint density at radius 2 is 1.92 bits per heavy atom. The second-order valence-corrected chi connectivity index (χ2v) is 12.7. The van der Waals surface area contributed by atoms with Crippen LogP contribution in [0.25, 0.3) is 0 Å². The Morgan fingerprint density at radius 3 is 2.67 bits per heavy atom. The van der Waals surface area contributed by atoms with Gasteiger partial charge in [-0.25, -0.2) is 0 Å². The van der Waals surface area contributed by atoms with E-state index in [9.17, 15) is 14.4 Å². The molecule has 39 heavy (non-hydrogen) atoms. The maximum absolute atomic E-state index is 13.8. The van der Waals surface area contributed by atoms with Gasteiger partial charge in [-0.15, -0.1) is 11.6 Å². The number of hydrogen-bond donors (Lipinski definition) is 3. The number of piperidine rings is 1. The van der Waals surface area contributed by atoms with Gasteiger partial charge in [0.25, 0.3) is 0 Å². The van der Waals surface area contributed by atoms with Crippen molar-refractivity contribution < 1.29 is 23.9 Å². The predicted octanol–water partition coefficient (Wildman–Crippen LogP) is 0.597. The van der Waals surface area contributed by atoms with Crippen LogP contribution in [0.2, 0.25) is 0 Å². The summed E-state index contributed by atoms with van der Waals surface area (Å²) < 4.78 is 11.2. The van der Waals surface area contributed by atoms with E-state index in [1.54, 1.807) is 7.11 Å². The number of hydrogen-bond acceptors (Lipinski definition) is 7. The summed E-state index contributed by atoms with van der Waals surface area (Å²) in [6.45, 7) is 3.91. The van der Waals surface area contributed by atoms with Crippen LogP contribution in [0.1, 0.15) is 44.9 Å². The Hall–Kier alpha value is -1.72. The molecule has 0 aromatic heterocycles. The maximum Gasteiger partial charge on any atom is 0.248 e. The predicted molar refractivity (Wildman–Crippen MR) is 145 cm³/mol. The van der Waals surface area contributed by atoms with E-state index < -0.39 is 0 Å². The third kappa shape index (κ3) is 5.73. The summed E-state index contributed by atoms with van der Waals surface area (Å²) in [6.07, 6.45) is 7.82. The highest BCUT2D eigenvalue weighted by molar-refractivity contribution is 6.20. The van der Waals surface area contributed by atoms with Crippen molar-refractivity contribution in [2.45, 2.75) is 80.7 Å². The fraction of sp³-hybridized carbons (Fsp3) is 0.821. The molecule has 5 fully saturated rings. The zero-order chi connectivity index (χ0) is 27.1. The summed E-state index contributed by atoms with van der Waals surface area (Å²) in [4.78, 5) is 44.1. The molecule has 10 nitrogen and oxygen atoms in total. The lowest BCUT2D eigenvalue weighted by atomic mass is 9.75. The topological polar surface area (TPSA) is 112 Å². The molecule has 0 bridgehead atoms. The summed E-state index contributed by atoms with van der Waals surface area (Å²) in [5.74, 6) is 0.0371. The minimum Gasteiger partial charge on any atom is -0.381 e. The number of likely N-dealkylation sites (tertiary alicyclic amines) is 1. The molecule has 6 aliphatic rings. The largest absolute Gasteiger partial charge is 0.381 e. The van der Waals surface area contributed by atoms with Crippen LogP contribution in [0.3, 0.4) is 0 Å². The quantitative estimate of drug-likeness (QED) is 0.320. The number of carbonyl (C=O) groups is 3. The molecule has 0 aromatic carbocycles. The third-order valence-electron chi connectivity index (χ3n) is 9.74. The lowest BCUT2D eigenvalue weighted by Crippen LogP contribution is -2.64. The molecule has 7 unspecified atom stereocenters. The number of fused-ring (bicyclic) bond motifs is 1. The van der Waals surface area contributed by atoms with Crippen LogP contribution in [0, 0.1) is 17.8 Å². The fourth-order valence-corrected chi connectivity index (χ4v) is 8.07. The molecule has 3 N–H and O–H groups in total. The highest BCUT2D eigenvalue weighted by atomic mass is 35.5. The van der Waals surface area contributed by atoms with Crippen LogP contribution in [0.5, 0.6) is 0 Å². The summed E-state index contributed by atoms with van der Waals surface area (Å²) in [5, 5.41) is 9.90. The van der Waals surface area contributed by atoms with E-state index in [1.165, 1.54) is 6.08 Å². The van der Waals surface area contributed by atoms with E-state index in [4.69, 9.17) is 21.1 Å². The molecule has 3 saturated heterocycles. The molecule has 4 heterocycles. The van der Waals surface area contributed by atoms with Crippen molar-refractivity contribution in [2.75, 3.05) is 46.5 Å². The van der Waals surface area contributed by atoms with E-state index in [0.717, 1.165) is 45.1 Å². The Kier molecular flexibility index (Phi) is 8.19. The van der Waals surface area contributed by atoms with Crippen LogP contribution < -0.4 is 16.0 Å². The molecule has 0 aromatic rings. The maximum atomic E-state index is 13.8. The van der Waals surface area contributed by atoms with E-state index in [1.807, 2.05) is 4.90 Å². The van der Waals surface area contributed by atoms with Gasteiger partial charge in [-0.1, -0.05) is 0 Å². The Balaban J connectivity index is 1.16. The number of amides is 3. The standard InChI is InChI=1S/C28H42ClN5O5/c1-38-21-4-2-3-20-24(21)18(14-23(35)31-20)27(36)30-17-7-8-34(15-17)26-19(28(37)33-9-11-39-12-10-33)13-22(29)32-25(26)16-5-6-16/h14,16-17,19-22,24-26,32H,2-13,15H2,1H3,(H,30,36)(H,31,35)/t17-,19?,20?,21?,22?,24?,25?,26?/m1/s1. The van der Waals surface area contributed by atoms with Crippen molar-refractivity contribution in [3.63, 3.8) is 0 Å². The van der Waals surface area contributed by atoms with Crippen LogP contribution >= 0.6 is 11.6 Å². The van der Waals surface area contributed by atoms with Crippen LogP contribution in [-0.4, -0.2) is 110 Å². The first-order valence-corrected chi connectivity index (χ1v) is 15.2. The van der Waals surface area contributed by atoms with Gasteiger partial charge in [-0.3, -0.25) is 24.6 Å². The SMILES string of the molecule is COC1CCCC2NC(=O)C=C(C(=O)N[C@@H]3CCN(C4C(C(=O)N5CCOCC5)CC(Cl)NC4C4CC4)C3)C21. The molecule has 8 atom stereocenters. The minimum atomic E-state index is -0.221. The molecule has 0 spiro atoms. The number of carbonyl (C=O) groups excluding carboxylic acids is 3. The number of morpholine rings is 1. The molecule has 216 valence electrons. The number of methoxy groups -OCH3 is 1. The first kappa shape index (κ1) is 27.4. The first-order chi connectivity index (χ1) is 18.9. The normalized spacial score (nSPS) is 39.5. The monoisotopic (exact) mass is 563 g/mol. The summed E-state index contributed by atoms with van der Waals surface area (Å²) in [6, 6.07) is 0.107. The Morgan fingerprint density at radius 1 is 1.13 bits per heavy atom. The average Bonchev–Trinajstić information content (AvgIpc) is 3.70. The molecule has 3 amide bonds. The van der Waals surface area contributed by atoms with Gasteiger partial charge in [-0.05, 0) is 50.9 Å². The van der Waals surface area contributed by atoms with Crippen molar-refractivity contribution in [2.24, 2.45) is 17.8 Å². The molecular weight excluding hydrogens is 522 g/mol. The van der Waals surface area contributed by atoms with E-state index in [0.29, 0.717) is 50.8 Å². The number of rotatable bonds is 6. The lowest BCUT2D eigenvalue weighted by Gasteiger charge is -2.47. The van der Waals surface area contributed by atoms with Crippen molar-refractivity contribution in [3.8, 4) is 0 Å². The highest BCUT2D eigenvalue weighted by Crippen LogP contribution is 2.42. The molecule has 6 rings (SSSR count). The highest BCUT2D eigenvalue weighted by Gasteiger charge is 2.51. The van der Waals surface area contributed by atoms with E-state index in [-0.39, 0.29) is 65.3 Å². The van der Waals surface area contributed by atoms with E-state index in [2.05, 4.69) is 20.9 Å². The van der Waals surface area contributed by atoms with Crippen LogP contribution in [0.15, 0.2) is 11.6 Å². The second kappa shape index (κ2) is 11.6. The van der Waals surface area contributed by atoms with Gasteiger partial charge in [0, 0.05) is 75.0 Å². The van der Waals surface area contributed by atoms with Crippen molar-refractivity contribution >= 4 is 29.3 Å². The summed E-state index contributed by atoms with van der Waals surface area (Å²) >= 11 is 6.68. The van der Waals surface area contributed by atoms with Gasteiger partial charge < -0.3 is 25.0 Å². The number of nitrogens with zero attached hydrogens (tertiary/aromatic N) is 2. The van der Waals surface area contributed by atoms with Crippen molar-refractivity contribution in [1.82, 2.24) is 25.8 Å². The number of halogens is 1. The molecule has 2 aliphatic carbocycles. The molecule has 2 saturated carbocycles. The van der Waals surface area contributed by atoms with Gasteiger partial charge >= 0.3 is 0 Å². The molecule has 0 radical (unpaired) electrons. The van der Waals surface area contributed by atoms with E-state index >= 15 is 0 Å². The Labute approximate surface area is 235 Å². The summed E-state index contributed by atoms with van der Waals surface area (Å²) in [7, 11) is 1.68. The molecule has 4 aliphatic heterocycles. The number of ether oxygens (including phenoxy) is 2. The second-order valence-electron chi connectivity index (χ2n) is 12.2. The first-order valence-electron chi connectivity index (χ1n) is 14.8. The van der Waals surface area contributed by atoms with Gasteiger partial charge in [0.15, 0.2) is 0 Å². The van der Waals surface area contributed by atoms with Gasteiger partial charge in [0.05, 0.1) is 30.7 Å². The lowest BCUT2D eigenvalue weighted by molar-refractivity contribution is -0.144. The van der Waals surface area contributed by atoms with Crippen LogP contribution in [0.4, 0.5) is 0 Å². The minimum absolute atomic E-state index is 0.0425. The van der Waals surface area contributed by atoms with Crippen molar-refractivity contribution in [1.29, 1.82) is 0 Å². The zero-order valence-electron chi connectivity index (χ0n) is 22.8. The average molecular weight is 564 g/mol. The van der Waals surface area contributed by atoms with Crippen molar-refractivity contribution in [3.05, 3.63) is 11.6 Å². The van der Waals surface area contributed by atoms with Gasteiger partial charge in [0.2, 0.25) is 17.7 Å². The number of nitrogens with one attached hydrogen (secondary N) is 3. The molecular formula is C28H42ClN5O5. The fourth-order valence-electron chi connectivity index (χ4n) is 7.73. The number of alkyl halides is 1. The third-order valence-corrected chi connectivity index (χ3v) is 10.0. The van der Waals surface area contributed by atoms with Gasteiger partial charge in [-0.2, -0.15) is 0 Å². The van der Waals surface area contributed by atoms with Crippen LogP contribution in [-0.2, 0) is 23.9 Å². The Bertz CT molecular complexity index is 985. The van der Waals surface area contributed by atoms with Gasteiger partial charge in [0.1, 0.15) is 0 Å². The molecule has 11 heteroatoms. The summed E-state index contributed by atoms with van der Waals surface area (Å²) in [5.41, 5.74) is 0.316. The zero-order valence-corrected chi connectivity index (χ0v) is 23.5. The smallest absolute Gasteiger partial charge is 0.248 e.